The SMILES string of the molecule is CC(c1ccccc1)C(C#N)(Cc1cccnc1)c1cccc(Cl)c1. The minimum Gasteiger partial charge on any atom is -0.264 e. The summed E-state index contributed by atoms with van der Waals surface area (Å²) in [6, 6.07) is 24.3. The third-order valence-electron chi connectivity index (χ3n) is 4.78. The molecular formula is C22H19ClN2. The summed E-state index contributed by atoms with van der Waals surface area (Å²) < 4.78 is 0. The van der Waals surface area contributed by atoms with E-state index in [-0.39, 0.29) is 5.92 Å². The van der Waals surface area contributed by atoms with E-state index in [2.05, 4.69) is 30.1 Å². The molecule has 3 aromatic rings. The van der Waals surface area contributed by atoms with Gasteiger partial charge in [0.2, 0.25) is 0 Å². The van der Waals surface area contributed by atoms with Gasteiger partial charge in [0.1, 0.15) is 0 Å². The predicted octanol–water partition coefficient (Wildman–Crippen LogP) is 5.54. The molecule has 25 heavy (non-hydrogen) atoms. The van der Waals surface area contributed by atoms with Crippen molar-refractivity contribution in [3.8, 4) is 6.07 Å². The zero-order chi connectivity index (χ0) is 17.7. The number of nitrogens with zero attached hydrogens (tertiary/aromatic N) is 2. The van der Waals surface area contributed by atoms with Crippen molar-refractivity contribution >= 4 is 11.6 Å². The molecular weight excluding hydrogens is 328 g/mol. The Morgan fingerprint density at radius 3 is 2.52 bits per heavy atom. The fourth-order valence-corrected chi connectivity index (χ4v) is 3.51. The van der Waals surface area contributed by atoms with Crippen molar-refractivity contribution in [2.45, 2.75) is 24.7 Å². The smallest absolute Gasteiger partial charge is 0.0929 e. The molecule has 2 aromatic carbocycles. The van der Waals surface area contributed by atoms with E-state index in [4.69, 9.17) is 11.6 Å². The maximum atomic E-state index is 10.3. The first-order valence-electron chi connectivity index (χ1n) is 8.27. The molecule has 2 nitrogen and oxygen atoms in total. The molecule has 2 atom stereocenters. The lowest BCUT2D eigenvalue weighted by atomic mass is 9.66. The average Bonchev–Trinajstić information content (AvgIpc) is 2.67. The predicted molar refractivity (Wildman–Crippen MR) is 102 cm³/mol. The number of pyridine rings is 1. The Kier molecular flexibility index (Phi) is 5.16. The number of rotatable bonds is 5. The normalized spacial score (nSPS) is 14.3. The van der Waals surface area contributed by atoms with Crippen LogP contribution in [0.25, 0.3) is 0 Å². The molecule has 0 aliphatic carbocycles. The Labute approximate surface area is 153 Å². The number of hydrogen-bond acceptors (Lipinski definition) is 2. The van der Waals surface area contributed by atoms with Crippen molar-refractivity contribution in [3.05, 3.63) is 101 Å². The van der Waals surface area contributed by atoms with Gasteiger partial charge >= 0.3 is 0 Å². The molecule has 0 aliphatic heterocycles. The summed E-state index contributed by atoms with van der Waals surface area (Å²) in [5, 5.41) is 10.9. The average molecular weight is 347 g/mol. The molecule has 0 N–H and O–H groups in total. The van der Waals surface area contributed by atoms with E-state index >= 15 is 0 Å². The van der Waals surface area contributed by atoms with Gasteiger partial charge in [0.15, 0.2) is 0 Å². The van der Waals surface area contributed by atoms with E-state index in [1.807, 2.05) is 60.8 Å². The highest BCUT2D eigenvalue weighted by Gasteiger charge is 2.39. The molecule has 0 fully saturated rings. The molecule has 0 spiro atoms. The summed E-state index contributed by atoms with van der Waals surface area (Å²) in [6.07, 6.45) is 4.15. The van der Waals surface area contributed by atoms with Crippen LogP contribution >= 0.6 is 11.6 Å². The summed E-state index contributed by atoms with van der Waals surface area (Å²) in [6.45, 7) is 2.11. The van der Waals surface area contributed by atoms with E-state index in [1.165, 1.54) is 0 Å². The minimum absolute atomic E-state index is 0.00243. The van der Waals surface area contributed by atoms with Crippen LogP contribution in [-0.4, -0.2) is 4.98 Å². The molecule has 0 saturated heterocycles. The van der Waals surface area contributed by atoms with Gasteiger partial charge in [-0.2, -0.15) is 5.26 Å². The molecule has 124 valence electrons. The van der Waals surface area contributed by atoms with Gasteiger partial charge in [-0.3, -0.25) is 4.98 Å². The first kappa shape index (κ1) is 17.2. The van der Waals surface area contributed by atoms with Crippen molar-refractivity contribution in [1.82, 2.24) is 4.98 Å². The molecule has 0 bridgehead atoms. The summed E-state index contributed by atoms with van der Waals surface area (Å²) >= 11 is 6.24. The van der Waals surface area contributed by atoms with Gasteiger partial charge in [-0.15, -0.1) is 0 Å². The van der Waals surface area contributed by atoms with Crippen molar-refractivity contribution in [1.29, 1.82) is 5.26 Å². The van der Waals surface area contributed by atoms with Crippen LogP contribution in [0, 0.1) is 11.3 Å². The van der Waals surface area contributed by atoms with Gasteiger partial charge in [-0.05, 0) is 41.3 Å². The highest BCUT2D eigenvalue weighted by molar-refractivity contribution is 6.30. The van der Waals surface area contributed by atoms with E-state index in [9.17, 15) is 5.26 Å². The van der Waals surface area contributed by atoms with Gasteiger partial charge in [0.25, 0.3) is 0 Å². The molecule has 0 radical (unpaired) electrons. The maximum Gasteiger partial charge on any atom is 0.0929 e. The maximum absolute atomic E-state index is 10.3. The van der Waals surface area contributed by atoms with Crippen LogP contribution in [0.1, 0.15) is 29.5 Å². The molecule has 3 rings (SSSR count). The van der Waals surface area contributed by atoms with Crippen LogP contribution in [0.15, 0.2) is 79.1 Å². The van der Waals surface area contributed by atoms with Crippen LogP contribution in [-0.2, 0) is 11.8 Å². The summed E-state index contributed by atoms with van der Waals surface area (Å²) in [7, 11) is 0. The lowest BCUT2D eigenvalue weighted by Crippen LogP contribution is -2.33. The summed E-state index contributed by atoms with van der Waals surface area (Å²) in [5.74, 6) is -0.00243. The summed E-state index contributed by atoms with van der Waals surface area (Å²) in [4.78, 5) is 4.21. The van der Waals surface area contributed by atoms with Crippen LogP contribution in [0.4, 0.5) is 0 Å². The first-order valence-corrected chi connectivity index (χ1v) is 8.64. The monoisotopic (exact) mass is 346 g/mol. The fourth-order valence-electron chi connectivity index (χ4n) is 3.32. The van der Waals surface area contributed by atoms with Gasteiger partial charge in [-0.25, -0.2) is 0 Å². The zero-order valence-electron chi connectivity index (χ0n) is 14.1. The van der Waals surface area contributed by atoms with Crippen LogP contribution in [0.3, 0.4) is 0 Å². The zero-order valence-corrected chi connectivity index (χ0v) is 14.8. The standard InChI is InChI=1S/C22H19ClN2/c1-17(19-8-3-2-4-9-19)22(16-24,14-18-7-6-12-25-15-18)20-10-5-11-21(23)13-20/h2-13,15,17H,14H2,1H3. The Balaban J connectivity index is 2.14. The molecule has 1 heterocycles. The number of benzene rings is 2. The number of halogens is 1. The fraction of sp³-hybridized carbons (Fsp3) is 0.182. The minimum atomic E-state index is -0.727. The van der Waals surface area contributed by atoms with Gasteiger partial charge < -0.3 is 0 Å². The topological polar surface area (TPSA) is 36.7 Å². The Morgan fingerprint density at radius 1 is 1.08 bits per heavy atom. The van der Waals surface area contributed by atoms with E-state index in [0.29, 0.717) is 11.4 Å². The third-order valence-corrected chi connectivity index (χ3v) is 5.02. The Bertz CT molecular complexity index is 871. The van der Waals surface area contributed by atoms with Crippen molar-refractivity contribution in [2.75, 3.05) is 0 Å². The Hall–Kier alpha value is -2.63. The Morgan fingerprint density at radius 2 is 1.88 bits per heavy atom. The van der Waals surface area contributed by atoms with E-state index in [0.717, 1.165) is 16.7 Å². The second kappa shape index (κ2) is 7.51. The van der Waals surface area contributed by atoms with Crippen molar-refractivity contribution in [2.24, 2.45) is 0 Å². The lowest BCUT2D eigenvalue weighted by molar-refractivity contribution is 0.456. The second-order valence-electron chi connectivity index (χ2n) is 6.26. The highest BCUT2D eigenvalue weighted by atomic mass is 35.5. The van der Waals surface area contributed by atoms with E-state index < -0.39 is 5.41 Å². The second-order valence-corrected chi connectivity index (χ2v) is 6.70. The molecule has 0 amide bonds. The van der Waals surface area contributed by atoms with Crippen molar-refractivity contribution < 1.29 is 0 Å². The number of hydrogen-bond donors (Lipinski definition) is 0. The number of aromatic nitrogens is 1. The third kappa shape index (κ3) is 3.57. The molecule has 2 unspecified atom stereocenters. The lowest BCUT2D eigenvalue weighted by Gasteiger charge is -2.34. The van der Waals surface area contributed by atoms with E-state index in [1.54, 1.807) is 6.20 Å². The largest absolute Gasteiger partial charge is 0.264 e. The van der Waals surface area contributed by atoms with Gasteiger partial charge in [0, 0.05) is 23.3 Å². The van der Waals surface area contributed by atoms with Gasteiger partial charge in [0.05, 0.1) is 11.5 Å². The molecule has 0 saturated carbocycles. The highest BCUT2D eigenvalue weighted by Crippen LogP contribution is 2.42. The molecule has 1 aromatic heterocycles. The van der Waals surface area contributed by atoms with Crippen LogP contribution in [0.2, 0.25) is 5.02 Å². The van der Waals surface area contributed by atoms with Crippen LogP contribution < -0.4 is 0 Å². The van der Waals surface area contributed by atoms with Crippen molar-refractivity contribution in [3.63, 3.8) is 0 Å². The van der Waals surface area contributed by atoms with Crippen LogP contribution in [0.5, 0.6) is 0 Å². The molecule has 3 heteroatoms. The quantitative estimate of drug-likeness (QED) is 0.608. The van der Waals surface area contributed by atoms with Gasteiger partial charge in [-0.1, -0.05) is 67.1 Å². The first-order chi connectivity index (χ1) is 12.2. The number of nitriles is 1. The summed E-state index contributed by atoms with van der Waals surface area (Å²) in [5.41, 5.74) is 2.37. The molecule has 0 aliphatic rings.